The molecule has 4 heteroatoms. The van der Waals surface area contributed by atoms with Gasteiger partial charge in [0.15, 0.2) is 0 Å². The average molecular weight is 357 g/mol. The van der Waals surface area contributed by atoms with Crippen molar-refractivity contribution in [1.82, 2.24) is 4.90 Å². The number of nitrogens with zero attached hydrogens (tertiary/aromatic N) is 1. The SMILES string of the molecule is Cc1ccccc1CCC(=O)N1CCC2(CC1)CC(OCC1CC1)CO2. The van der Waals surface area contributed by atoms with Crippen LogP contribution >= 0.6 is 0 Å². The molecule has 4 nitrogen and oxygen atoms in total. The summed E-state index contributed by atoms with van der Waals surface area (Å²) in [6.45, 7) is 5.40. The van der Waals surface area contributed by atoms with Crippen LogP contribution in [-0.2, 0) is 20.7 Å². The van der Waals surface area contributed by atoms with E-state index in [1.165, 1.54) is 24.0 Å². The molecule has 1 saturated carbocycles. The zero-order valence-corrected chi connectivity index (χ0v) is 15.9. The van der Waals surface area contributed by atoms with E-state index in [9.17, 15) is 4.79 Å². The first-order chi connectivity index (χ1) is 12.6. The standard InChI is InChI=1S/C22H31NO3/c1-17-4-2-3-5-19(17)8-9-21(24)23-12-10-22(11-13-23)14-20(16-26-22)25-15-18-6-7-18/h2-5,18,20H,6-16H2,1H3. The molecule has 1 aliphatic carbocycles. The summed E-state index contributed by atoms with van der Waals surface area (Å²) < 4.78 is 12.2. The maximum atomic E-state index is 12.6. The molecule has 4 rings (SSSR count). The Morgan fingerprint density at radius 1 is 1.27 bits per heavy atom. The molecule has 142 valence electrons. The molecular formula is C22H31NO3. The highest BCUT2D eigenvalue weighted by molar-refractivity contribution is 5.76. The molecule has 26 heavy (non-hydrogen) atoms. The Kier molecular flexibility index (Phi) is 5.32. The average Bonchev–Trinajstić information content (AvgIpc) is 3.41. The van der Waals surface area contributed by atoms with Crippen LogP contribution in [0.4, 0.5) is 0 Å². The predicted octanol–water partition coefficient (Wildman–Crippen LogP) is 3.50. The number of carbonyl (C=O) groups excluding carboxylic acids is 1. The van der Waals surface area contributed by atoms with Gasteiger partial charge in [-0.15, -0.1) is 0 Å². The predicted molar refractivity (Wildman–Crippen MR) is 101 cm³/mol. The van der Waals surface area contributed by atoms with Gasteiger partial charge < -0.3 is 14.4 Å². The summed E-state index contributed by atoms with van der Waals surface area (Å²) >= 11 is 0. The van der Waals surface area contributed by atoms with Gasteiger partial charge in [0.2, 0.25) is 5.91 Å². The molecule has 0 N–H and O–H groups in total. The van der Waals surface area contributed by atoms with E-state index in [2.05, 4.69) is 25.1 Å². The molecule has 1 aromatic carbocycles. The Morgan fingerprint density at radius 3 is 2.77 bits per heavy atom. The van der Waals surface area contributed by atoms with Gasteiger partial charge >= 0.3 is 0 Å². The third kappa shape index (κ3) is 4.29. The Balaban J connectivity index is 1.21. The Bertz CT molecular complexity index is 632. The number of likely N-dealkylation sites (tertiary alicyclic amines) is 1. The van der Waals surface area contributed by atoms with E-state index in [-0.39, 0.29) is 17.6 Å². The second-order valence-corrected chi connectivity index (χ2v) is 8.40. The summed E-state index contributed by atoms with van der Waals surface area (Å²) in [5.74, 6) is 1.09. The van der Waals surface area contributed by atoms with Crippen molar-refractivity contribution in [2.75, 3.05) is 26.3 Å². The zero-order valence-electron chi connectivity index (χ0n) is 15.9. The lowest BCUT2D eigenvalue weighted by atomic mass is 9.87. The van der Waals surface area contributed by atoms with Crippen molar-refractivity contribution in [3.8, 4) is 0 Å². The summed E-state index contributed by atoms with van der Waals surface area (Å²) in [6.07, 6.45) is 7.27. The van der Waals surface area contributed by atoms with Gasteiger partial charge in [-0.3, -0.25) is 4.79 Å². The van der Waals surface area contributed by atoms with Crippen LogP contribution in [0.1, 0.15) is 49.7 Å². The summed E-state index contributed by atoms with van der Waals surface area (Å²) in [6, 6.07) is 8.34. The van der Waals surface area contributed by atoms with E-state index in [1.807, 2.05) is 11.0 Å². The molecule has 2 saturated heterocycles. The Labute approximate surface area is 156 Å². The monoisotopic (exact) mass is 357 g/mol. The third-order valence-electron chi connectivity index (χ3n) is 6.34. The fourth-order valence-corrected chi connectivity index (χ4v) is 4.27. The van der Waals surface area contributed by atoms with E-state index < -0.39 is 0 Å². The topological polar surface area (TPSA) is 38.8 Å². The lowest BCUT2D eigenvalue weighted by Crippen LogP contribution is -2.46. The summed E-state index contributed by atoms with van der Waals surface area (Å²) in [5, 5.41) is 0. The zero-order chi connectivity index (χ0) is 18.0. The number of piperidine rings is 1. The van der Waals surface area contributed by atoms with Gasteiger partial charge in [-0.2, -0.15) is 0 Å². The van der Waals surface area contributed by atoms with Crippen LogP contribution in [0.25, 0.3) is 0 Å². The molecule has 1 spiro atoms. The molecule has 0 aromatic heterocycles. The molecule has 2 heterocycles. The fraction of sp³-hybridized carbons (Fsp3) is 0.682. The molecule has 1 amide bonds. The minimum absolute atomic E-state index is 0.0407. The molecule has 0 radical (unpaired) electrons. The number of rotatable bonds is 6. The van der Waals surface area contributed by atoms with Gasteiger partial charge in [0.25, 0.3) is 0 Å². The highest BCUT2D eigenvalue weighted by Gasteiger charge is 2.44. The quantitative estimate of drug-likeness (QED) is 0.782. The van der Waals surface area contributed by atoms with Crippen molar-refractivity contribution in [2.24, 2.45) is 5.92 Å². The van der Waals surface area contributed by atoms with Gasteiger partial charge in [0.1, 0.15) is 0 Å². The smallest absolute Gasteiger partial charge is 0.222 e. The first-order valence-corrected chi connectivity index (χ1v) is 10.2. The number of ether oxygens (including phenoxy) is 2. The fourth-order valence-electron chi connectivity index (χ4n) is 4.27. The summed E-state index contributed by atoms with van der Waals surface area (Å²) in [5.41, 5.74) is 2.51. The van der Waals surface area contributed by atoms with Gasteiger partial charge in [0.05, 0.1) is 18.3 Å². The van der Waals surface area contributed by atoms with Crippen LogP contribution in [0, 0.1) is 12.8 Å². The third-order valence-corrected chi connectivity index (χ3v) is 6.34. The minimum Gasteiger partial charge on any atom is -0.375 e. The Hall–Kier alpha value is -1.39. The van der Waals surface area contributed by atoms with Crippen molar-refractivity contribution in [3.63, 3.8) is 0 Å². The lowest BCUT2D eigenvalue weighted by molar-refractivity contribution is -0.135. The normalized spacial score (nSPS) is 25.0. The summed E-state index contributed by atoms with van der Waals surface area (Å²) in [7, 11) is 0. The van der Waals surface area contributed by atoms with Crippen molar-refractivity contribution in [2.45, 2.75) is 63.6 Å². The van der Waals surface area contributed by atoms with Crippen molar-refractivity contribution in [1.29, 1.82) is 0 Å². The summed E-state index contributed by atoms with van der Waals surface area (Å²) in [4.78, 5) is 14.6. The van der Waals surface area contributed by atoms with Crippen molar-refractivity contribution in [3.05, 3.63) is 35.4 Å². The molecule has 1 atom stereocenters. The maximum Gasteiger partial charge on any atom is 0.222 e. The number of amides is 1. The van der Waals surface area contributed by atoms with Crippen LogP contribution < -0.4 is 0 Å². The van der Waals surface area contributed by atoms with E-state index in [0.717, 1.165) is 57.9 Å². The molecule has 1 unspecified atom stereocenters. The van der Waals surface area contributed by atoms with E-state index >= 15 is 0 Å². The highest BCUT2D eigenvalue weighted by Crippen LogP contribution is 2.38. The van der Waals surface area contributed by atoms with Crippen LogP contribution in [0.5, 0.6) is 0 Å². The number of benzene rings is 1. The van der Waals surface area contributed by atoms with Gasteiger partial charge in [0, 0.05) is 32.5 Å². The largest absolute Gasteiger partial charge is 0.375 e. The lowest BCUT2D eigenvalue weighted by Gasteiger charge is -2.38. The van der Waals surface area contributed by atoms with Crippen molar-refractivity contribution >= 4 is 5.91 Å². The number of hydrogen-bond donors (Lipinski definition) is 0. The first-order valence-electron chi connectivity index (χ1n) is 10.2. The first kappa shape index (κ1) is 18.0. The highest BCUT2D eigenvalue weighted by atomic mass is 16.6. The van der Waals surface area contributed by atoms with Gasteiger partial charge in [-0.05, 0) is 56.1 Å². The number of aryl methyl sites for hydroxylation is 2. The number of carbonyl (C=O) groups is 1. The van der Waals surface area contributed by atoms with Crippen LogP contribution in [-0.4, -0.2) is 48.8 Å². The maximum absolute atomic E-state index is 12.6. The van der Waals surface area contributed by atoms with Crippen molar-refractivity contribution < 1.29 is 14.3 Å². The number of hydrogen-bond acceptors (Lipinski definition) is 3. The minimum atomic E-state index is -0.0407. The van der Waals surface area contributed by atoms with Gasteiger partial charge in [-0.1, -0.05) is 24.3 Å². The van der Waals surface area contributed by atoms with Crippen LogP contribution in [0.2, 0.25) is 0 Å². The second-order valence-electron chi connectivity index (χ2n) is 8.40. The van der Waals surface area contributed by atoms with Crippen LogP contribution in [0.3, 0.4) is 0 Å². The van der Waals surface area contributed by atoms with E-state index in [1.54, 1.807) is 0 Å². The van der Waals surface area contributed by atoms with Crippen LogP contribution in [0.15, 0.2) is 24.3 Å². The van der Waals surface area contributed by atoms with E-state index in [0.29, 0.717) is 6.42 Å². The second kappa shape index (κ2) is 7.69. The van der Waals surface area contributed by atoms with E-state index in [4.69, 9.17) is 9.47 Å². The van der Waals surface area contributed by atoms with Gasteiger partial charge in [-0.25, -0.2) is 0 Å². The molecule has 0 bridgehead atoms. The molecule has 2 aliphatic heterocycles. The molecule has 1 aromatic rings. The molecular weight excluding hydrogens is 326 g/mol. The molecule has 3 aliphatic rings. The Morgan fingerprint density at radius 2 is 2.04 bits per heavy atom. The molecule has 3 fully saturated rings.